The van der Waals surface area contributed by atoms with Crippen molar-refractivity contribution in [1.82, 2.24) is 5.32 Å². The monoisotopic (exact) mass is 375 g/mol. The van der Waals surface area contributed by atoms with Gasteiger partial charge in [0, 0.05) is 15.4 Å². The molecule has 0 aliphatic heterocycles. The Morgan fingerprint density at radius 3 is 2.85 bits per heavy atom. The van der Waals surface area contributed by atoms with E-state index in [-0.39, 0.29) is 16.9 Å². The lowest BCUT2D eigenvalue weighted by molar-refractivity contribution is 0.533. The van der Waals surface area contributed by atoms with Gasteiger partial charge in [0.1, 0.15) is 5.82 Å². The fraction of sp³-hybridized carbons (Fsp3) is 0.333. The van der Waals surface area contributed by atoms with Crippen molar-refractivity contribution in [2.24, 2.45) is 0 Å². The summed E-state index contributed by atoms with van der Waals surface area (Å²) in [5, 5.41) is 5.78. The van der Waals surface area contributed by atoms with Crippen molar-refractivity contribution in [1.29, 1.82) is 0 Å². The van der Waals surface area contributed by atoms with Crippen molar-refractivity contribution in [3.63, 3.8) is 0 Å². The number of nitrogens with one attached hydrogen (secondary N) is 1. The predicted octanol–water partition coefficient (Wildman–Crippen LogP) is 5.59. The Labute approximate surface area is 136 Å². The van der Waals surface area contributed by atoms with Crippen LogP contribution in [-0.2, 0) is 6.42 Å². The molecular formula is C15H16BrClFNS. The minimum atomic E-state index is -0.358. The summed E-state index contributed by atoms with van der Waals surface area (Å²) in [6, 6.07) is 7.16. The van der Waals surface area contributed by atoms with Crippen molar-refractivity contribution >= 4 is 38.9 Å². The van der Waals surface area contributed by atoms with Gasteiger partial charge in [0.15, 0.2) is 0 Å². The summed E-state index contributed by atoms with van der Waals surface area (Å²) in [6.07, 6.45) is 1.73. The lowest BCUT2D eigenvalue weighted by Crippen LogP contribution is -2.23. The molecule has 0 saturated carbocycles. The van der Waals surface area contributed by atoms with Gasteiger partial charge in [0.25, 0.3) is 0 Å². The molecule has 0 bridgehead atoms. The second kappa shape index (κ2) is 7.55. The molecule has 0 aliphatic rings. The number of rotatable bonds is 6. The first-order valence-electron chi connectivity index (χ1n) is 6.52. The van der Waals surface area contributed by atoms with Crippen LogP contribution in [0, 0.1) is 5.82 Å². The average Bonchev–Trinajstić information content (AvgIpc) is 2.85. The zero-order valence-corrected chi connectivity index (χ0v) is 14.3. The Hall–Kier alpha value is -0.420. The van der Waals surface area contributed by atoms with Crippen LogP contribution >= 0.6 is 38.9 Å². The maximum atomic E-state index is 13.5. The number of halogens is 3. The topological polar surface area (TPSA) is 12.0 Å². The van der Waals surface area contributed by atoms with Gasteiger partial charge in [-0.05, 0) is 58.4 Å². The molecule has 0 saturated heterocycles. The number of benzene rings is 1. The summed E-state index contributed by atoms with van der Waals surface area (Å²) >= 11 is 11.3. The van der Waals surface area contributed by atoms with E-state index in [4.69, 9.17) is 11.6 Å². The standard InChI is InChI=1S/C15H16BrClFNS/c1-2-7-19-13(15-11(16)6-8-20-15)9-10-4-3-5-12(18)14(10)17/h3-6,8,13,19H,2,7,9H2,1H3. The SMILES string of the molecule is CCCNC(Cc1cccc(F)c1Cl)c1sccc1Br. The lowest BCUT2D eigenvalue weighted by Gasteiger charge is -2.19. The van der Waals surface area contributed by atoms with Gasteiger partial charge in [0.05, 0.1) is 5.02 Å². The summed E-state index contributed by atoms with van der Waals surface area (Å²) < 4.78 is 14.6. The van der Waals surface area contributed by atoms with Crippen molar-refractivity contribution < 1.29 is 4.39 Å². The minimum Gasteiger partial charge on any atom is -0.309 e. The maximum Gasteiger partial charge on any atom is 0.142 e. The summed E-state index contributed by atoms with van der Waals surface area (Å²) in [5.74, 6) is -0.358. The molecule has 1 heterocycles. The van der Waals surface area contributed by atoms with Crippen molar-refractivity contribution in [2.45, 2.75) is 25.8 Å². The highest BCUT2D eigenvalue weighted by atomic mass is 79.9. The van der Waals surface area contributed by atoms with Gasteiger partial charge >= 0.3 is 0 Å². The van der Waals surface area contributed by atoms with Gasteiger partial charge in [0.2, 0.25) is 0 Å². The molecule has 0 spiro atoms. The number of thiophene rings is 1. The number of hydrogen-bond acceptors (Lipinski definition) is 2. The molecular weight excluding hydrogens is 361 g/mol. The summed E-state index contributed by atoms with van der Waals surface area (Å²) in [4.78, 5) is 1.22. The molecule has 1 aromatic heterocycles. The van der Waals surface area contributed by atoms with Crippen LogP contribution in [0.4, 0.5) is 4.39 Å². The third kappa shape index (κ3) is 3.82. The highest BCUT2D eigenvalue weighted by Crippen LogP contribution is 2.33. The Kier molecular flexibility index (Phi) is 6.02. The van der Waals surface area contributed by atoms with Gasteiger partial charge in [-0.25, -0.2) is 4.39 Å². The smallest absolute Gasteiger partial charge is 0.142 e. The summed E-state index contributed by atoms with van der Waals surface area (Å²) in [7, 11) is 0. The third-order valence-electron chi connectivity index (χ3n) is 3.06. The molecule has 20 heavy (non-hydrogen) atoms. The molecule has 1 unspecified atom stereocenters. The molecule has 1 aromatic carbocycles. The van der Waals surface area contributed by atoms with Crippen LogP contribution in [0.15, 0.2) is 34.1 Å². The molecule has 0 fully saturated rings. The Morgan fingerprint density at radius 1 is 1.40 bits per heavy atom. The first-order chi connectivity index (χ1) is 9.63. The molecule has 1 N–H and O–H groups in total. The molecule has 1 atom stereocenters. The second-order valence-corrected chi connectivity index (χ2v) is 6.74. The second-order valence-electron chi connectivity index (χ2n) is 4.56. The molecule has 0 amide bonds. The van der Waals surface area contributed by atoms with E-state index in [1.54, 1.807) is 17.4 Å². The van der Waals surface area contributed by atoms with Gasteiger partial charge < -0.3 is 5.32 Å². The van der Waals surface area contributed by atoms with Crippen molar-refractivity contribution in [2.75, 3.05) is 6.54 Å². The van der Waals surface area contributed by atoms with Crippen LogP contribution in [0.25, 0.3) is 0 Å². The van der Waals surface area contributed by atoms with Gasteiger partial charge in [-0.15, -0.1) is 11.3 Å². The highest BCUT2D eigenvalue weighted by molar-refractivity contribution is 9.10. The van der Waals surface area contributed by atoms with Gasteiger partial charge in [-0.3, -0.25) is 0 Å². The van der Waals surface area contributed by atoms with E-state index in [9.17, 15) is 4.39 Å². The van der Waals surface area contributed by atoms with E-state index in [0.29, 0.717) is 6.42 Å². The van der Waals surface area contributed by atoms with E-state index in [2.05, 4.69) is 28.2 Å². The highest BCUT2D eigenvalue weighted by Gasteiger charge is 2.18. The Morgan fingerprint density at radius 2 is 2.20 bits per heavy atom. The van der Waals surface area contributed by atoms with Crippen LogP contribution in [0.2, 0.25) is 5.02 Å². The molecule has 2 rings (SSSR count). The first kappa shape index (κ1) is 16.0. The van der Waals surface area contributed by atoms with Crippen molar-refractivity contribution in [3.05, 3.63) is 55.4 Å². The lowest BCUT2D eigenvalue weighted by atomic mass is 10.0. The molecule has 108 valence electrons. The van der Waals surface area contributed by atoms with Crippen LogP contribution in [0.5, 0.6) is 0 Å². The quantitative estimate of drug-likeness (QED) is 0.693. The molecule has 5 heteroatoms. The van der Waals surface area contributed by atoms with E-state index < -0.39 is 0 Å². The van der Waals surface area contributed by atoms with E-state index in [0.717, 1.165) is 23.0 Å². The molecule has 1 nitrogen and oxygen atoms in total. The third-order valence-corrected chi connectivity index (χ3v) is 5.47. The fourth-order valence-corrected chi connectivity index (χ4v) is 3.99. The summed E-state index contributed by atoms with van der Waals surface area (Å²) in [6.45, 7) is 3.05. The molecule has 2 aromatic rings. The zero-order chi connectivity index (χ0) is 14.5. The Balaban J connectivity index is 2.24. The number of hydrogen-bond donors (Lipinski definition) is 1. The molecule has 0 radical (unpaired) electrons. The van der Waals surface area contributed by atoms with E-state index >= 15 is 0 Å². The zero-order valence-electron chi connectivity index (χ0n) is 11.1. The van der Waals surface area contributed by atoms with E-state index in [1.807, 2.05) is 17.5 Å². The molecule has 0 aliphatic carbocycles. The maximum absolute atomic E-state index is 13.5. The minimum absolute atomic E-state index is 0.142. The summed E-state index contributed by atoms with van der Waals surface area (Å²) in [5.41, 5.74) is 0.834. The van der Waals surface area contributed by atoms with E-state index in [1.165, 1.54) is 10.9 Å². The van der Waals surface area contributed by atoms with Gasteiger partial charge in [-0.2, -0.15) is 0 Å². The van der Waals surface area contributed by atoms with Crippen LogP contribution < -0.4 is 5.32 Å². The van der Waals surface area contributed by atoms with Gasteiger partial charge in [-0.1, -0.05) is 30.7 Å². The average molecular weight is 377 g/mol. The largest absolute Gasteiger partial charge is 0.309 e. The first-order valence-corrected chi connectivity index (χ1v) is 8.57. The van der Waals surface area contributed by atoms with Crippen LogP contribution in [0.1, 0.15) is 29.8 Å². The predicted molar refractivity (Wildman–Crippen MR) is 88.2 cm³/mol. The van der Waals surface area contributed by atoms with Crippen LogP contribution in [0.3, 0.4) is 0 Å². The van der Waals surface area contributed by atoms with Crippen molar-refractivity contribution in [3.8, 4) is 0 Å². The fourth-order valence-electron chi connectivity index (χ4n) is 2.06. The van der Waals surface area contributed by atoms with Crippen LogP contribution in [-0.4, -0.2) is 6.54 Å². The normalized spacial score (nSPS) is 12.6. The Bertz CT molecular complexity index is 573.